The van der Waals surface area contributed by atoms with Gasteiger partial charge in [-0.25, -0.2) is 4.79 Å². The van der Waals surface area contributed by atoms with E-state index in [1.807, 2.05) is 32.0 Å². The molecule has 1 fully saturated rings. The lowest BCUT2D eigenvalue weighted by molar-refractivity contribution is -0.123. The summed E-state index contributed by atoms with van der Waals surface area (Å²) in [6.07, 6.45) is 0.847. The smallest absolute Gasteiger partial charge is 0.338 e. The summed E-state index contributed by atoms with van der Waals surface area (Å²) in [5.74, 6) is -0.986. The molecule has 2 amide bonds. The van der Waals surface area contributed by atoms with Crippen molar-refractivity contribution in [2.24, 2.45) is 5.92 Å². The van der Waals surface area contributed by atoms with E-state index < -0.39 is 18.0 Å². The summed E-state index contributed by atoms with van der Waals surface area (Å²) in [5, 5.41) is 5.57. The molecule has 6 nitrogen and oxygen atoms in total. The number of carbonyl (C=O) groups is 3. The quantitative estimate of drug-likeness (QED) is 0.746. The molecule has 0 saturated heterocycles. The van der Waals surface area contributed by atoms with E-state index in [9.17, 15) is 14.4 Å². The fourth-order valence-corrected chi connectivity index (χ4v) is 2.78. The SMILES string of the molecule is Cc1ccc(NC(=O)C(C)OC(=O)c2cccc(NC(=O)C3CC3)c2)c(C)c1. The van der Waals surface area contributed by atoms with Gasteiger partial charge in [-0.05, 0) is 63.4 Å². The van der Waals surface area contributed by atoms with Crippen molar-refractivity contribution in [1.82, 2.24) is 0 Å². The van der Waals surface area contributed by atoms with Crippen molar-refractivity contribution in [3.05, 3.63) is 59.2 Å². The highest BCUT2D eigenvalue weighted by molar-refractivity contribution is 5.99. The highest BCUT2D eigenvalue weighted by Gasteiger charge is 2.29. The van der Waals surface area contributed by atoms with Crippen molar-refractivity contribution in [3.63, 3.8) is 0 Å². The maximum atomic E-state index is 12.4. The number of carbonyl (C=O) groups excluding carboxylic acids is 3. The van der Waals surface area contributed by atoms with Gasteiger partial charge in [-0.2, -0.15) is 0 Å². The van der Waals surface area contributed by atoms with E-state index in [1.54, 1.807) is 24.3 Å². The van der Waals surface area contributed by atoms with Gasteiger partial charge in [-0.1, -0.05) is 23.8 Å². The van der Waals surface area contributed by atoms with Gasteiger partial charge in [0.05, 0.1) is 5.56 Å². The third-order valence-corrected chi connectivity index (χ3v) is 4.61. The Morgan fingerprint density at radius 3 is 2.46 bits per heavy atom. The lowest BCUT2D eigenvalue weighted by Gasteiger charge is -2.15. The Morgan fingerprint density at radius 1 is 1.04 bits per heavy atom. The number of benzene rings is 2. The Labute approximate surface area is 164 Å². The van der Waals surface area contributed by atoms with Crippen LogP contribution in [0.25, 0.3) is 0 Å². The van der Waals surface area contributed by atoms with E-state index in [0.717, 1.165) is 24.0 Å². The van der Waals surface area contributed by atoms with Crippen LogP contribution in [0.3, 0.4) is 0 Å². The zero-order chi connectivity index (χ0) is 20.3. The summed E-state index contributed by atoms with van der Waals surface area (Å²) in [4.78, 5) is 36.6. The Kier molecular flexibility index (Phi) is 5.78. The van der Waals surface area contributed by atoms with E-state index in [-0.39, 0.29) is 17.4 Å². The molecular formula is C22H24N2O4. The van der Waals surface area contributed by atoms with Gasteiger partial charge in [-0.3, -0.25) is 9.59 Å². The van der Waals surface area contributed by atoms with Crippen LogP contribution >= 0.6 is 0 Å². The summed E-state index contributed by atoms with van der Waals surface area (Å²) >= 11 is 0. The number of nitrogens with one attached hydrogen (secondary N) is 2. The minimum absolute atomic E-state index is 0.0354. The Hall–Kier alpha value is -3.15. The number of ether oxygens (including phenoxy) is 1. The molecule has 1 unspecified atom stereocenters. The van der Waals surface area contributed by atoms with Crippen molar-refractivity contribution in [3.8, 4) is 0 Å². The van der Waals surface area contributed by atoms with Crippen LogP contribution in [0.5, 0.6) is 0 Å². The number of rotatable bonds is 6. The second kappa shape index (κ2) is 8.25. The molecule has 0 heterocycles. The highest BCUT2D eigenvalue weighted by atomic mass is 16.5. The predicted octanol–water partition coefficient (Wildman–Crippen LogP) is 3.84. The number of anilines is 2. The van der Waals surface area contributed by atoms with Crippen molar-refractivity contribution in [2.75, 3.05) is 10.6 Å². The molecule has 0 aromatic heterocycles. The molecule has 2 aromatic carbocycles. The maximum absolute atomic E-state index is 12.4. The number of hydrogen-bond donors (Lipinski definition) is 2. The largest absolute Gasteiger partial charge is 0.449 e. The van der Waals surface area contributed by atoms with Gasteiger partial charge in [0.25, 0.3) is 5.91 Å². The third-order valence-electron chi connectivity index (χ3n) is 4.61. The molecule has 2 N–H and O–H groups in total. The van der Waals surface area contributed by atoms with Crippen molar-refractivity contribution < 1.29 is 19.1 Å². The number of hydrogen-bond acceptors (Lipinski definition) is 4. The monoisotopic (exact) mass is 380 g/mol. The fraction of sp³-hybridized carbons (Fsp3) is 0.318. The Balaban J connectivity index is 1.60. The van der Waals surface area contributed by atoms with Gasteiger partial charge in [-0.15, -0.1) is 0 Å². The first-order chi connectivity index (χ1) is 13.3. The standard InChI is InChI=1S/C22H24N2O4/c1-13-7-10-19(14(2)11-13)24-20(25)15(3)28-22(27)17-5-4-6-18(12-17)23-21(26)16-8-9-16/h4-7,10-12,15-16H,8-9H2,1-3H3,(H,23,26)(H,24,25). The second-order valence-corrected chi connectivity index (χ2v) is 7.20. The van der Waals surface area contributed by atoms with E-state index in [1.165, 1.54) is 6.92 Å². The molecule has 3 rings (SSSR count). The van der Waals surface area contributed by atoms with Crippen LogP contribution in [0.4, 0.5) is 11.4 Å². The van der Waals surface area contributed by atoms with Crippen LogP contribution in [0, 0.1) is 19.8 Å². The molecular weight excluding hydrogens is 356 g/mol. The van der Waals surface area contributed by atoms with Gasteiger partial charge < -0.3 is 15.4 Å². The van der Waals surface area contributed by atoms with E-state index in [2.05, 4.69) is 10.6 Å². The zero-order valence-corrected chi connectivity index (χ0v) is 16.2. The van der Waals surface area contributed by atoms with Gasteiger partial charge >= 0.3 is 5.97 Å². The first-order valence-electron chi connectivity index (χ1n) is 9.33. The summed E-state index contributed by atoms with van der Waals surface area (Å²) < 4.78 is 5.29. The maximum Gasteiger partial charge on any atom is 0.338 e. The average Bonchev–Trinajstić information content (AvgIpc) is 3.49. The fourth-order valence-electron chi connectivity index (χ4n) is 2.78. The van der Waals surface area contributed by atoms with Crippen molar-refractivity contribution in [2.45, 2.75) is 39.7 Å². The molecule has 0 aliphatic heterocycles. The summed E-state index contributed by atoms with van der Waals surface area (Å²) in [5.41, 5.74) is 3.54. The van der Waals surface area contributed by atoms with Gasteiger partial charge in [0, 0.05) is 17.3 Å². The summed E-state index contributed by atoms with van der Waals surface area (Å²) in [6, 6.07) is 12.2. The Morgan fingerprint density at radius 2 is 1.79 bits per heavy atom. The summed E-state index contributed by atoms with van der Waals surface area (Å²) in [7, 11) is 0. The van der Waals surface area contributed by atoms with Crippen molar-refractivity contribution in [1.29, 1.82) is 0 Å². The molecule has 1 atom stereocenters. The number of esters is 1. The normalized spacial score (nSPS) is 14.1. The van der Waals surface area contributed by atoms with Crippen molar-refractivity contribution >= 4 is 29.2 Å². The zero-order valence-electron chi connectivity index (χ0n) is 16.2. The molecule has 1 aliphatic rings. The van der Waals surface area contributed by atoms with Crippen LogP contribution < -0.4 is 10.6 Å². The molecule has 2 aromatic rings. The molecule has 0 radical (unpaired) electrons. The molecule has 0 bridgehead atoms. The molecule has 0 spiro atoms. The van der Waals surface area contributed by atoms with Gasteiger partial charge in [0.2, 0.25) is 5.91 Å². The van der Waals surface area contributed by atoms with Crippen LogP contribution in [0.2, 0.25) is 0 Å². The lowest BCUT2D eigenvalue weighted by Crippen LogP contribution is -2.30. The molecule has 6 heteroatoms. The van der Waals surface area contributed by atoms with E-state index >= 15 is 0 Å². The van der Waals surface area contributed by atoms with E-state index in [0.29, 0.717) is 11.4 Å². The Bertz CT molecular complexity index is 919. The van der Waals surface area contributed by atoms with Gasteiger partial charge in [0.1, 0.15) is 0 Å². The first kappa shape index (κ1) is 19.6. The topological polar surface area (TPSA) is 84.5 Å². The molecule has 1 saturated carbocycles. The predicted molar refractivity (Wildman–Crippen MR) is 107 cm³/mol. The third kappa shape index (κ3) is 4.97. The summed E-state index contributed by atoms with van der Waals surface area (Å²) in [6.45, 7) is 5.40. The molecule has 146 valence electrons. The van der Waals surface area contributed by atoms with E-state index in [4.69, 9.17) is 4.74 Å². The number of aryl methyl sites for hydroxylation is 2. The minimum Gasteiger partial charge on any atom is -0.449 e. The number of amides is 2. The van der Waals surface area contributed by atoms with Crippen LogP contribution in [0.15, 0.2) is 42.5 Å². The molecule has 28 heavy (non-hydrogen) atoms. The average molecular weight is 380 g/mol. The molecule has 1 aliphatic carbocycles. The first-order valence-corrected chi connectivity index (χ1v) is 9.33. The van der Waals surface area contributed by atoms with Crippen LogP contribution in [0.1, 0.15) is 41.3 Å². The van der Waals surface area contributed by atoms with Crippen LogP contribution in [-0.2, 0) is 14.3 Å². The van der Waals surface area contributed by atoms with Gasteiger partial charge in [0.15, 0.2) is 6.10 Å². The minimum atomic E-state index is -0.960. The highest BCUT2D eigenvalue weighted by Crippen LogP contribution is 2.30. The second-order valence-electron chi connectivity index (χ2n) is 7.20. The van der Waals surface area contributed by atoms with Crippen LogP contribution in [-0.4, -0.2) is 23.9 Å². The lowest BCUT2D eigenvalue weighted by atomic mass is 10.1.